The van der Waals surface area contributed by atoms with Crippen LogP contribution in [0, 0.1) is 5.92 Å². The Hall–Kier alpha value is -3.14. The SMILES string of the molecule is O=C(Cc1cccc2ccccc12)OCC(=O)N1CCC(Cc2ccccc2)CC1. The number of fused-ring (bicyclic) bond motifs is 1. The molecule has 1 aliphatic heterocycles. The average molecular weight is 402 g/mol. The molecule has 0 spiro atoms. The summed E-state index contributed by atoms with van der Waals surface area (Å²) in [5, 5.41) is 2.14. The van der Waals surface area contributed by atoms with Crippen molar-refractivity contribution in [2.45, 2.75) is 25.7 Å². The van der Waals surface area contributed by atoms with Gasteiger partial charge < -0.3 is 9.64 Å². The van der Waals surface area contributed by atoms with E-state index in [1.54, 1.807) is 0 Å². The zero-order valence-electron chi connectivity index (χ0n) is 17.1. The zero-order valence-corrected chi connectivity index (χ0v) is 17.1. The minimum atomic E-state index is -0.362. The van der Waals surface area contributed by atoms with Crippen molar-refractivity contribution in [1.29, 1.82) is 0 Å². The highest BCUT2D eigenvalue weighted by molar-refractivity contribution is 5.89. The first-order valence-electron chi connectivity index (χ1n) is 10.6. The summed E-state index contributed by atoms with van der Waals surface area (Å²) in [4.78, 5) is 26.6. The third kappa shape index (κ3) is 5.07. The molecular weight excluding hydrogens is 374 g/mol. The van der Waals surface area contributed by atoms with E-state index >= 15 is 0 Å². The maximum absolute atomic E-state index is 12.5. The third-order valence-corrected chi connectivity index (χ3v) is 5.91. The number of hydrogen-bond acceptors (Lipinski definition) is 3. The van der Waals surface area contributed by atoms with Crippen LogP contribution in [0.3, 0.4) is 0 Å². The molecular formula is C26H27NO3. The Labute approximate surface area is 177 Å². The fourth-order valence-electron chi connectivity index (χ4n) is 4.22. The number of rotatable bonds is 6. The predicted molar refractivity (Wildman–Crippen MR) is 118 cm³/mol. The molecule has 0 saturated carbocycles. The van der Waals surface area contributed by atoms with Crippen LogP contribution < -0.4 is 0 Å². The second-order valence-corrected chi connectivity index (χ2v) is 7.99. The lowest BCUT2D eigenvalue weighted by atomic mass is 9.90. The fourth-order valence-corrected chi connectivity index (χ4v) is 4.22. The molecule has 1 fully saturated rings. The number of benzene rings is 3. The standard InChI is InChI=1S/C26H27NO3/c28-25(27-15-13-21(14-16-27)17-20-7-2-1-3-8-20)19-30-26(29)18-23-11-6-10-22-9-4-5-12-24(22)23/h1-12,21H,13-19H2. The lowest BCUT2D eigenvalue weighted by Gasteiger charge is -2.32. The lowest BCUT2D eigenvalue weighted by Crippen LogP contribution is -2.41. The molecule has 1 saturated heterocycles. The van der Waals surface area contributed by atoms with Crippen LogP contribution in [0.5, 0.6) is 0 Å². The van der Waals surface area contributed by atoms with Gasteiger partial charge >= 0.3 is 5.97 Å². The van der Waals surface area contributed by atoms with Gasteiger partial charge in [0.25, 0.3) is 5.91 Å². The summed E-state index contributed by atoms with van der Waals surface area (Å²) in [6.07, 6.45) is 3.21. The minimum absolute atomic E-state index is 0.0977. The van der Waals surface area contributed by atoms with Gasteiger partial charge in [-0.1, -0.05) is 72.8 Å². The van der Waals surface area contributed by atoms with Crippen LogP contribution in [0.2, 0.25) is 0 Å². The number of amides is 1. The van der Waals surface area contributed by atoms with Crippen molar-refractivity contribution >= 4 is 22.6 Å². The molecule has 1 amide bonds. The summed E-state index contributed by atoms with van der Waals surface area (Å²) in [7, 11) is 0. The second-order valence-electron chi connectivity index (χ2n) is 7.99. The van der Waals surface area contributed by atoms with E-state index in [9.17, 15) is 9.59 Å². The van der Waals surface area contributed by atoms with Gasteiger partial charge in [-0.3, -0.25) is 9.59 Å². The molecule has 4 rings (SSSR count). The van der Waals surface area contributed by atoms with Crippen molar-refractivity contribution in [2.75, 3.05) is 19.7 Å². The summed E-state index contributed by atoms with van der Waals surface area (Å²) in [6, 6.07) is 24.4. The summed E-state index contributed by atoms with van der Waals surface area (Å²) in [6.45, 7) is 1.29. The van der Waals surface area contributed by atoms with E-state index in [0.717, 1.165) is 48.7 Å². The number of carbonyl (C=O) groups is 2. The number of carbonyl (C=O) groups excluding carboxylic acids is 2. The Balaban J connectivity index is 1.23. The van der Waals surface area contributed by atoms with Crippen LogP contribution in [0.15, 0.2) is 72.8 Å². The van der Waals surface area contributed by atoms with E-state index < -0.39 is 0 Å². The minimum Gasteiger partial charge on any atom is -0.455 e. The molecule has 1 aliphatic rings. The molecule has 0 atom stereocenters. The highest BCUT2D eigenvalue weighted by Gasteiger charge is 2.23. The van der Waals surface area contributed by atoms with Gasteiger partial charge in [0.15, 0.2) is 6.61 Å². The average Bonchev–Trinajstić information content (AvgIpc) is 2.79. The maximum Gasteiger partial charge on any atom is 0.310 e. The first-order valence-corrected chi connectivity index (χ1v) is 10.6. The van der Waals surface area contributed by atoms with Gasteiger partial charge in [-0.15, -0.1) is 0 Å². The van der Waals surface area contributed by atoms with Gasteiger partial charge in [-0.05, 0) is 47.1 Å². The number of nitrogens with zero attached hydrogens (tertiary/aromatic N) is 1. The van der Waals surface area contributed by atoms with Crippen LogP contribution >= 0.6 is 0 Å². The molecule has 4 heteroatoms. The fraction of sp³-hybridized carbons (Fsp3) is 0.308. The predicted octanol–water partition coefficient (Wildman–Crippen LogP) is 4.41. The number of ether oxygens (including phenoxy) is 1. The van der Waals surface area contributed by atoms with E-state index in [0.29, 0.717) is 5.92 Å². The molecule has 0 bridgehead atoms. The molecule has 3 aromatic rings. The van der Waals surface area contributed by atoms with Crippen LogP contribution in [0.4, 0.5) is 0 Å². The number of hydrogen-bond donors (Lipinski definition) is 0. The molecule has 1 heterocycles. The Morgan fingerprint density at radius 1 is 0.867 bits per heavy atom. The van der Waals surface area contributed by atoms with Crippen molar-refractivity contribution in [3.63, 3.8) is 0 Å². The molecule has 154 valence electrons. The Bertz CT molecular complexity index is 1000. The Morgan fingerprint density at radius 2 is 1.57 bits per heavy atom. The van der Waals surface area contributed by atoms with Crippen molar-refractivity contribution in [3.8, 4) is 0 Å². The molecule has 30 heavy (non-hydrogen) atoms. The first kappa shape index (κ1) is 20.1. The summed E-state index contributed by atoms with van der Waals surface area (Å²) in [5.74, 6) is 0.142. The molecule has 3 aromatic carbocycles. The van der Waals surface area contributed by atoms with E-state index in [-0.39, 0.29) is 24.9 Å². The summed E-state index contributed by atoms with van der Waals surface area (Å²) in [5.41, 5.74) is 2.27. The van der Waals surface area contributed by atoms with Gasteiger partial charge in [0, 0.05) is 13.1 Å². The third-order valence-electron chi connectivity index (χ3n) is 5.91. The number of piperidine rings is 1. The monoisotopic (exact) mass is 401 g/mol. The quantitative estimate of drug-likeness (QED) is 0.575. The van der Waals surface area contributed by atoms with E-state index in [1.165, 1.54) is 5.56 Å². The first-order chi connectivity index (χ1) is 14.7. The van der Waals surface area contributed by atoms with E-state index in [4.69, 9.17) is 4.74 Å². The molecule has 0 radical (unpaired) electrons. The molecule has 0 N–H and O–H groups in total. The number of esters is 1. The maximum atomic E-state index is 12.5. The summed E-state index contributed by atoms with van der Waals surface area (Å²) >= 11 is 0. The van der Waals surface area contributed by atoms with Crippen LogP contribution in [-0.4, -0.2) is 36.5 Å². The topological polar surface area (TPSA) is 46.6 Å². The highest BCUT2D eigenvalue weighted by atomic mass is 16.5. The van der Waals surface area contributed by atoms with Crippen LogP contribution in [0.1, 0.15) is 24.0 Å². The molecule has 0 aromatic heterocycles. The second kappa shape index (κ2) is 9.57. The normalized spacial score (nSPS) is 14.6. The van der Waals surface area contributed by atoms with Crippen molar-refractivity contribution < 1.29 is 14.3 Å². The highest BCUT2D eigenvalue weighted by Crippen LogP contribution is 2.22. The van der Waals surface area contributed by atoms with Gasteiger partial charge in [0.1, 0.15) is 0 Å². The Kier molecular flexibility index (Phi) is 6.43. The lowest BCUT2D eigenvalue weighted by molar-refractivity contribution is -0.152. The van der Waals surface area contributed by atoms with E-state index in [1.807, 2.05) is 53.4 Å². The van der Waals surface area contributed by atoms with Crippen molar-refractivity contribution in [3.05, 3.63) is 83.9 Å². The molecule has 4 nitrogen and oxygen atoms in total. The van der Waals surface area contributed by atoms with Crippen molar-refractivity contribution in [2.24, 2.45) is 5.92 Å². The van der Waals surface area contributed by atoms with E-state index in [2.05, 4.69) is 24.3 Å². The zero-order chi connectivity index (χ0) is 20.8. The smallest absolute Gasteiger partial charge is 0.310 e. The largest absolute Gasteiger partial charge is 0.455 e. The summed E-state index contributed by atoms with van der Waals surface area (Å²) < 4.78 is 5.30. The van der Waals surface area contributed by atoms with Crippen molar-refractivity contribution in [1.82, 2.24) is 4.90 Å². The Morgan fingerprint density at radius 3 is 2.37 bits per heavy atom. The van der Waals surface area contributed by atoms with Gasteiger partial charge in [-0.2, -0.15) is 0 Å². The van der Waals surface area contributed by atoms with Gasteiger partial charge in [-0.25, -0.2) is 0 Å². The van der Waals surface area contributed by atoms with Gasteiger partial charge in [0.05, 0.1) is 6.42 Å². The molecule has 0 unspecified atom stereocenters. The van der Waals surface area contributed by atoms with Gasteiger partial charge in [0.2, 0.25) is 0 Å². The van der Waals surface area contributed by atoms with Crippen LogP contribution in [0.25, 0.3) is 10.8 Å². The van der Waals surface area contributed by atoms with Crippen LogP contribution in [-0.2, 0) is 27.2 Å². The molecule has 0 aliphatic carbocycles. The number of likely N-dealkylation sites (tertiary alicyclic amines) is 1.